The first-order valence-electron chi connectivity index (χ1n) is 4.92. The van der Waals surface area contributed by atoms with Gasteiger partial charge in [0.1, 0.15) is 5.82 Å². The normalized spacial score (nSPS) is 15.2. The smallest absolute Gasteiger partial charge is 0.324 e. The molecule has 1 fully saturated rings. The number of carbonyl (C=O) groups excluding carboxylic acids is 2. The van der Waals surface area contributed by atoms with Gasteiger partial charge in [-0.3, -0.25) is 9.69 Å². The lowest BCUT2D eigenvalue weighted by Crippen LogP contribution is -2.30. The molecular weight excluding hydrogens is 208 g/mol. The standard InChI is InChI=1S/C10H12N4O2/c1-11-9-7(3-2-4-12-9)6-14-8(15)5-13-10(14)16/h2-4H,5-6H2,1H3,(H,11,12)(H,13,16). The van der Waals surface area contributed by atoms with E-state index in [9.17, 15) is 9.59 Å². The van der Waals surface area contributed by atoms with Crippen LogP contribution in [0, 0.1) is 0 Å². The topological polar surface area (TPSA) is 74.3 Å². The number of hydrogen-bond donors (Lipinski definition) is 2. The molecule has 0 aromatic carbocycles. The van der Waals surface area contributed by atoms with E-state index < -0.39 is 0 Å². The van der Waals surface area contributed by atoms with Crippen LogP contribution in [0.3, 0.4) is 0 Å². The van der Waals surface area contributed by atoms with Crippen LogP contribution in [0.2, 0.25) is 0 Å². The molecule has 84 valence electrons. The number of anilines is 1. The summed E-state index contributed by atoms with van der Waals surface area (Å²) in [5, 5.41) is 5.39. The second-order valence-corrected chi connectivity index (χ2v) is 3.40. The summed E-state index contributed by atoms with van der Waals surface area (Å²) in [4.78, 5) is 28.0. The lowest BCUT2D eigenvalue weighted by Gasteiger charge is -2.14. The first-order valence-corrected chi connectivity index (χ1v) is 4.92. The number of rotatable bonds is 3. The van der Waals surface area contributed by atoms with Gasteiger partial charge in [-0.2, -0.15) is 0 Å². The Morgan fingerprint density at radius 3 is 3.00 bits per heavy atom. The Hall–Kier alpha value is -2.11. The van der Waals surface area contributed by atoms with E-state index in [0.717, 1.165) is 5.56 Å². The average molecular weight is 220 g/mol. The Labute approximate surface area is 92.7 Å². The summed E-state index contributed by atoms with van der Waals surface area (Å²) in [5.41, 5.74) is 0.815. The number of imide groups is 1. The Morgan fingerprint density at radius 2 is 2.38 bits per heavy atom. The number of hydrogen-bond acceptors (Lipinski definition) is 4. The number of pyridine rings is 1. The number of carbonyl (C=O) groups is 2. The van der Waals surface area contributed by atoms with Crippen LogP contribution < -0.4 is 10.6 Å². The highest BCUT2D eigenvalue weighted by atomic mass is 16.2. The molecular formula is C10H12N4O2. The maximum absolute atomic E-state index is 11.4. The summed E-state index contributed by atoms with van der Waals surface area (Å²) in [7, 11) is 1.75. The molecule has 2 N–H and O–H groups in total. The monoisotopic (exact) mass is 220 g/mol. The van der Waals surface area contributed by atoms with E-state index in [1.807, 2.05) is 6.07 Å². The zero-order valence-corrected chi connectivity index (χ0v) is 8.86. The molecule has 1 aliphatic rings. The van der Waals surface area contributed by atoms with Gasteiger partial charge in [0.2, 0.25) is 5.91 Å². The third-order valence-corrected chi connectivity index (χ3v) is 2.39. The third-order valence-electron chi connectivity index (χ3n) is 2.39. The number of urea groups is 1. The van der Waals surface area contributed by atoms with Gasteiger partial charge < -0.3 is 10.6 Å². The SMILES string of the molecule is CNc1ncccc1CN1C(=O)CNC1=O. The van der Waals surface area contributed by atoms with E-state index in [1.54, 1.807) is 19.3 Å². The van der Waals surface area contributed by atoms with Crippen LogP contribution in [0.15, 0.2) is 18.3 Å². The fraction of sp³-hybridized carbons (Fsp3) is 0.300. The molecule has 0 saturated carbocycles. The molecule has 6 nitrogen and oxygen atoms in total. The summed E-state index contributed by atoms with van der Waals surface area (Å²) >= 11 is 0. The minimum atomic E-state index is -0.351. The van der Waals surface area contributed by atoms with Gasteiger partial charge in [-0.15, -0.1) is 0 Å². The lowest BCUT2D eigenvalue weighted by molar-refractivity contribution is -0.125. The van der Waals surface area contributed by atoms with Gasteiger partial charge in [0, 0.05) is 18.8 Å². The fourth-order valence-electron chi connectivity index (χ4n) is 1.58. The van der Waals surface area contributed by atoms with E-state index in [-0.39, 0.29) is 25.0 Å². The molecule has 0 bridgehead atoms. The van der Waals surface area contributed by atoms with Crippen molar-refractivity contribution in [3.63, 3.8) is 0 Å². The van der Waals surface area contributed by atoms with Gasteiger partial charge in [-0.1, -0.05) is 6.07 Å². The second kappa shape index (κ2) is 4.18. The van der Waals surface area contributed by atoms with Crippen molar-refractivity contribution in [1.29, 1.82) is 0 Å². The molecule has 6 heteroatoms. The van der Waals surface area contributed by atoms with Crippen molar-refractivity contribution >= 4 is 17.8 Å². The zero-order chi connectivity index (χ0) is 11.5. The molecule has 2 rings (SSSR count). The van der Waals surface area contributed by atoms with Gasteiger partial charge in [-0.05, 0) is 6.07 Å². The number of amides is 3. The van der Waals surface area contributed by atoms with E-state index in [4.69, 9.17) is 0 Å². The van der Waals surface area contributed by atoms with Crippen LogP contribution in [0.4, 0.5) is 10.6 Å². The molecule has 3 amide bonds. The third kappa shape index (κ3) is 1.81. The van der Waals surface area contributed by atoms with Crippen LogP contribution in [0.25, 0.3) is 0 Å². The molecule has 1 saturated heterocycles. The summed E-state index contributed by atoms with van der Waals surface area (Å²) in [5.74, 6) is 0.464. The van der Waals surface area contributed by atoms with Crippen molar-refractivity contribution in [2.24, 2.45) is 0 Å². The van der Waals surface area contributed by atoms with Crippen molar-refractivity contribution in [3.05, 3.63) is 23.9 Å². The minimum absolute atomic E-state index is 0.0774. The van der Waals surface area contributed by atoms with Crippen LogP contribution in [0.1, 0.15) is 5.56 Å². The first-order chi connectivity index (χ1) is 7.72. The van der Waals surface area contributed by atoms with Crippen LogP contribution >= 0.6 is 0 Å². The zero-order valence-electron chi connectivity index (χ0n) is 8.86. The largest absolute Gasteiger partial charge is 0.373 e. The molecule has 0 atom stereocenters. The summed E-state index contributed by atoms with van der Waals surface area (Å²) in [6, 6.07) is 3.25. The summed E-state index contributed by atoms with van der Waals surface area (Å²) < 4.78 is 0. The number of nitrogens with zero attached hydrogens (tertiary/aromatic N) is 2. The molecule has 0 radical (unpaired) electrons. The summed E-state index contributed by atoms with van der Waals surface area (Å²) in [6.45, 7) is 0.322. The van der Waals surface area contributed by atoms with Gasteiger partial charge >= 0.3 is 6.03 Å². The highest BCUT2D eigenvalue weighted by Gasteiger charge is 2.28. The number of aromatic nitrogens is 1. The maximum Gasteiger partial charge on any atom is 0.324 e. The Balaban J connectivity index is 2.20. The van der Waals surface area contributed by atoms with Gasteiger partial charge in [0.25, 0.3) is 0 Å². The Bertz CT molecular complexity index is 417. The quantitative estimate of drug-likeness (QED) is 0.712. The molecule has 0 aliphatic carbocycles. The lowest BCUT2D eigenvalue weighted by atomic mass is 10.2. The van der Waals surface area contributed by atoms with E-state index in [0.29, 0.717) is 5.82 Å². The van der Waals surface area contributed by atoms with Crippen molar-refractivity contribution in [2.75, 3.05) is 18.9 Å². The second-order valence-electron chi connectivity index (χ2n) is 3.40. The molecule has 16 heavy (non-hydrogen) atoms. The van der Waals surface area contributed by atoms with Crippen LogP contribution in [0.5, 0.6) is 0 Å². The predicted octanol–water partition coefficient (Wildman–Crippen LogP) is 0.175. The highest BCUT2D eigenvalue weighted by molar-refractivity contribution is 6.01. The van der Waals surface area contributed by atoms with Gasteiger partial charge in [0.15, 0.2) is 0 Å². The van der Waals surface area contributed by atoms with Crippen molar-refractivity contribution in [3.8, 4) is 0 Å². The van der Waals surface area contributed by atoms with E-state index in [2.05, 4.69) is 15.6 Å². The average Bonchev–Trinajstić information content (AvgIpc) is 2.61. The Kier molecular flexibility index (Phi) is 2.72. The van der Waals surface area contributed by atoms with Crippen molar-refractivity contribution < 1.29 is 9.59 Å². The first kappa shape index (κ1) is 10.4. The molecule has 0 unspecified atom stereocenters. The molecule has 1 aromatic rings. The van der Waals surface area contributed by atoms with E-state index >= 15 is 0 Å². The highest BCUT2D eigenvalue weighted by Crippen LogP contribution is 2.14. The fourth-order valence-corrected chi connectivity index (χ4v) is 1.58. The molecule has 1 aliphatic heterocycles. The van der Waals surface area contributed by atoms with Gasteiger partial charge in [-0.25, -0.2) is 9.78 Å². The van der Waals surface area contributed by atoms with E-state index in [1.165, 1.54) is 4.90 Å². The Morgan fingerprint density at radius 1 is 1.56 bits per heavy atom. The summed E-state index contributed by atoms with van der Waals surface area (Å²) in [6.07, 6.45) is 1.65. The molecule has 0 spiro atoms. The molecule has 2 heterocycles. The maximum atomic E-state index is 11.4. The minimum Gasteiger partial charge on any atom is -0.373 e. The van der Waals surface area contributed by atoms with Crippen molar-refractivity contribution in [2.45, 2.75) is 6.54 Å². The van der Waals surface area contributed by atoms with Crippen molar-refractivity contribution in [1.82, 2.24) is 15.2 Å². The number of nitrogens with one attached hydrogen (secondary N) is 2. The van der Waals surface area contributed by atoms with Crippen LogP contribution in [-0.2, 0) is 11.3 Å². The van der Waals surface area contributed by atoms with Crippen LogP contribution in [-0.4, -0.2) is 35.4 Å². The predicted molar refractivity (Wildman–Crippen MR) is 57.7 cm³/mol. The van der Waals surface area contributed by atoms with Gasteiger partial charge in [0.05, 0.1) is 13.1 Å². The molecule has 1 aromatic heterocycles.